The van der Waals surface area contributed by atoms with Crippen molar-refractivity contribution < 1.29 is 23.7 Å². The molecule has 4 aromatic rings. The highest BCUT2D eigenvalue weighted by Crippen LogP contribution is 2.46. The van der Waals surface area contributed by atoms with Crippen LogP contribution in [0, 0.1) is 0 Å². The standard InChI is InChI=1S/C34H42N2O5/c1-4-27-15-17-30-32(26-13-9-6-10-14-26)33(29-18-16-28(40-23-37-2)21-31(29)41-24-38-3)36(34(30)35-27)19-20-39-22-25-11-7-5-8-12-25/h5,7-8,11-12,15-18,21,26H,4,6,9-10,13-14,19-20,22-24H2,1-3H3. The van der Waals surface area contributed by atoms with Gasteiger partial charge in [0.1, 0.15) is 17.1 Å². The van der Waals surface area contributed by atoms with Crippen molar-refractivity contribution in [3.05, 3.63) is 77.5 Å². The molecule has 0 bridgehead atoms. The van der Waals surface area contributed by atoms with E-state index in [0.29, 0.717) is 37.2 Å². The zero-order valence-corrected chi connectivity index (χ0v) is 24.6. The molecular formula is C34H42N2O5. The van der Waals surface area contributed by atoms with Crippen LogP contribution < -0.4 is 9.47 Å². The molecule has 0 N–H and O–H groups in total. The number of aromatic nitrogens is 2. The normalized spacial score (nSPS) is 14.0. The average molecular weight is 559 g/mol. The van der Waals surface area contributed by atoms with E-state index in [1.165, 1.54) is 48.6 Å². The molecule has 0 atom stereocenters. The van der Waals surface area contributed by atoms with Gasteiger partial charge in [-0.2, -0.15) is 0 Å². The molecule has 0 saturated heterocycles. The number of ether oxygens (including phenoxy) is 5. The maximum atomic E-state index is 6.20. The summed E-state index contributed by atoms with van der Waals surface area (Å²) in [5, 5.41) is 1.23. The van der Waals surface area contributed by atoms with Crippen LogP contribution in [0.25, 0.3) is 22.3 Å². The lowest BCUT2D eigenvalue weighted by atomic mass is 9.82. The average Bonchev–Trinajstić information content (AvgIpc) is 3.35. The first-order valence-electron chi connectivity index (χ1n) is 14.7. The van der Waals surface area contributed by atoms with E-state index < -0.39 is 0 Å². The molecule has 0 radical (unpaired) electrons. The first-order chi connectivity index (χ1) is 20.2. The van der Waals surface area contributed by atoms with Crippen molar-refractivity contribution in [1.29, 1.82) is 0 Å². The SMILES string of the molecule is CCc1ccc2c(C3CCCCC3)c(-c3ccc(OCOC)cc3OCOC)n(CCOCc3ccccc3)c2n1. The van der Waals surface area contributed by atoms with Crippen LogP contribution in [0.1, 0.15) is 61.8 Å². The third-order valence-electron chi connectivity index (χ3n) is 7.83. The second-order valence-corrected chi connectivity index (χ2v) is 10.6. The van der Waals surface area contributed by atoms with Gasteiger partial charge >= 0.3 is 0 Å². The van der Waals surface area contributed by atoms with Gasteiger partial charge in [-0.15, -0.1) is 0 Å². The first kappa shape index (κ1) is 29.1. The summed E-state index contributed by atoms with van der Waals surface area (Å²) in [5.74, 6) is 1.85. The molecule has 2 heterocycles. The summed E-state index contributed by atoms with van der Waals surface area (Å²) in [7, 11) is 3.25. The van der Waals surface area contributed by atoms with Crippen molar-refractivity contribution in [3.63, 3.8) is 0 Å². The van der Waals surface area contributed by atoms with Gasteiger partial charge in [-0.3, -0.25) is 0 Å². The summed E-state index contributed by atoms with van der Waals surface area (Å²) < 4.78 is 31.0. The van der Waals surface area contributed by atoms with Gasteiger partial charge in [0.15, 0.2) is 13.6 Å². The lowest BCUT2D eigenvalue weighted by Gasteiger charge is -2.24. The molecule has 0 spiro atoms. The predicted molar refractivity (Wildman–Crippen MR) is 161 cm³/mol. The smallest absolute Gasteiger partial charge is 0.188 e. The van der Waals surface area contributed by atoms with E-state index in [2.05, 4.69) is 41.8 Å². The largest absolute Gasteiger partial charge is 0.467 e. The van der Waals surface area contributed by atoms with Gasteiger partial charge in [0.2, 0.25) is 0 Å². The summed E-state index contributed by atoms with van der Waals surface area (Å²) in [4.78, 5) is 5.18. The fourth-order valence-electron chi connectivity index (χ4n) is 5.87. The van der Waals surface area contributed by atoms with Gasteiger partial charge in [-0.1, -0.05) is 56.5 Å². The van der Waals surface area contributed by atoms with E-state index in [1.807, 2.05) is 30.3 Å². The lowest BCUT2D eigenvalue weighted by Crippen LogP contribution is -2.11. The first-order valence-corrected chi connectivity index (χ1v) is 14.7. The highest BCUT2D eigenvalue weighted by molar-refractivity contribution is 5.92. The van der Waals surface area contributed by atoms with Crippen LogP contribution in [0.5, 0.6) is 11.5 Å². The van der Waals surface area contributed by atoms with Gasteiger partial charge in [-0.25, -0.2) is 4.98 Å². The fraction of sp³-hybridized carbons (Fsp3) is 0.441. The van der Waals surface area contributed by atoms with Crippen LogP contribution in [0.15, 0.2) is 60.7 Å². The van der Waals surface area contributed by atoms with Crippen LogP contribution in [-0.2, 0) is 33.8 Å². The van der Waals surface area contributed by atoms with E-state index in [0.717, 1.165) is 29.0 Å². The number of benzene rings is 2. The second-order valence-electron chi connectivity index (χ2n) is 10.6. The lowest BCUT2D eigenvalue weighted by molar-refractivity contribution is 0.0463. The zero-order chi connectivity index (χ0) is 28.4. The van der Waals surface area contributed by atoms with Crippen molar-refractivity contribution in [1.82, 2.24) is 9.55 Å². The number of aryl methyl sites for hydroxylation is 1. The van der Waals surface area contributed by atoms with Crippen LogP contribution >= 0.6 is 0 Å². The highest BCUT2D eigenvalue weighted by Gasteiger charge is 2.29. The van der Waals surface area contributed by atoms with Crippen molar-refractivity contribution in [2.75, 3.05) is 34.4 Å². The molecule has 1 saturated carbocycles. The predicted octanol–water partition coefficient (Wildman–Crippen LogP) is 7.50. The Labute approximate surface area is 243 Å². The molecule has 2 aromatic heterocycles. The van der Waals surface area contributed by atoms with Gasteiger partial charge in [0.25, 0.3) is 0 Å². The number of pyridine rings is 1. The minimum Gasteiger partial charge on any atom is -0.467 e. The third kappa shape index (κ3) is 6.92. The number of hydrogen-bond acceptors (Lipinski definition) is 6. The van der Waals surface area contributed by atoms with E-state index in [4.69, 9.17) is 28.7 Å². The molecule has 7 heteroatoms. The van der Waals surface area contributed by atoms with Crippen molar-refractivity contribution in [2.45, 2.75) is 64.5 Å². The van der Waals surface area contributed by atoms with Crippen LogP contribution in [0.4, 0.5) is 0 Å². The molecule has 0 unspecified atom stereocenters. The number of nitrogens with zero attached hydrogens (tertiary/aromatic N) is 2. The van der Waals surface area contributed by atoms with Crippen LogP contribution in [-0.4, -0.2) is 44.0 Å². The maximum absolute atomic E-state index is 6.20. The summed E-state index contributed by atoms with van der Waals surface area (Å²) >= 11 is 0. The van der Waals surface area contributed by atoms with E-state index in [-0.39, 0.29) is 13.6 Å². The van der Waals surface area contributed by atoms with Crippen LogP contribution in [0.3, 0.4) is 0 Å². The van der Waals surface area contributed by atoms with Gasteiger partial charge in [0.05, 0.1) is 18.9 Å². The Morgan fingerprint density at radius 2 is 1.66 bits per heavy atom. The zero-order valence-electron chi connectivity index (χ0n) is 24.6. The molecule has 1 fully saturated rings. The monoisotopic (exact) mass is 558 g/mol. The van der Waals surface area contributed by atoms with Crippen molar-refractivity contribution in [3.8, 4) is 22.8 Å². The molecule has 7 nitrogen and oxygen atoms in total. The minimum absolute atomic E-state index is 0.137. The number of rotatable bonds is 14. The Hall–Kier alpha value is -3.39. The maximum Gasteiger partial charge on any atom is 0.188 e. The van der Waals surface area contributed by atoms with E-state index in [9.17, 15) is 0 Å². The van der Waals surface area contributed by atoms with E-state index >= 15 is 0 Å². The molecule has 41 heavy (non-hydrogen) atoms. The summed E-state index contributed by atoms with van der Waals surface area (Å²) in [5.41, 5.74) is 6.79. The Morgan fingerprint density at radius 1 is 0.878 bits per heavy atom. The van der Waals surface area contributed by atoms with E-state index in [1.54, 1.807) is 14.2 Å². The summed E-state index contributed by atoms with van der Waals surface area (Å²) in [6.45, 7) is 4.28. The molecule has 1 aliphatic carbocycles. The summed E-state index contributed by atoms with van der Waals surface area (Å²) in [6, 6.07) is 20.8. The third-order valence-corrected chi connectivity index (χ3v) is 7.83. The number of fused-ring (bicyclic) bond motifs is 1. The Balaban J connectivity index is 1.62. The fourth-order valence-corrected chi connectivity index (χ4v) is 5.87. The second kappa shape index (κ2) is 14.5. The topological polar surface area (TPSA) is 64.0 Å². The van der Waals surface area contributed by atoms with Gasteiger partial charge < -0.3 is 28.3 Å². The number of methoxy groups -OCH3 is 2. The highest BCUT2D eigenvalue weighted by atomic mass is 16.7. The van der Waals surface area contributed by atoms with Crippen molar-refractivity contribution >= 4 is 11.0 Å². The van der Waals surface area contributed by atoms with Gasteiger partial charge in [-0.05, 0) is 60.6 Å². The van der Waals surface area contributed by atoms with Crippen LogP contribution in [0.2, 0.25) is 0 Å². The molecule has 0 amide bonds. The van der Waals surface area contributed by atoms with Gasteiger partial charge in [0, 0.05) is 43.5 Å². The minimum atomic E-state index is 0.137. The Morgan fingerprint density at radius 3 is 2.41 bits per heavy atom. The number of hydrogen-bond donors (Lipinski definition) is 0. The Kier molecular flexibility index (Phi) is 10.3. The molecule has 1 aliphatic rings. The van der Waals surface area contributed by atoms with Crippen molar-refractivity contribution in [2.24, 2.45) is 0 Å². The quantitative estimate of drug-likeness (QED) is 0.118. The summed E-state index contributed by atoms with van der Waals surface area (Å²) in [6.07, 6.45) is 7.02. The molecule has 218 valence electrons. The molecule has 0 aliphatic heterocycles. The Bertz CT molecular complexity index is 1400. The molecule has 5 rings (SSSR count). The molecular weight excluding hydrogens is 516 g/mol. The molecule has 2 aromatic carbocycles.